The topological polar surface area (TPSA) is 55.8 Å². The first kappa shape index (κ1) is 21.5. The number of alkyl halides is 1. The van der Waals surface area contributed by atoms with Gasteiger partial charge in [-0.15, -0.1) is 0 Å². The summed E-state index contributed by atoms with van der Waals surface area (Å²) < 4.78 is 10.6. The molecule has 0 aromatic heterocycles. The Labute approximate surface area is 158 Å². The third-order valence-electron chi connectivity index (χ3n) is 3.72. The Balaban J connectivity index is 2.84. The molecule has 0 bridgehead atoms. The summed E-state index contributed by atoms with van der Waals surface area (Å²) in [5.74, 6) is -0.444. The molecule has 1 aromatic carbocycles. The Morgan fingerprint density at radius 3 is 2.36 bits per heavy atom. The summed E-state index contributed by atoms with van der Waals surface area (Å²) in [4.78, 5) is 26.5. The first-order chi connectivity index (χ1) is 12.0. The second kappa shape index (κ2) is 11.9. The zero-order valence-electron chi connectivity index (χ0n) is 15.2. The number of hydrogen-bond acceptors (Lipinski definition) is 4. The molecule has 0 spiro atoms. The Morgan fingerprint density at radius 2 is 1.80 bits per heavy atom. The van der Waals surface area contributed by atoms with Crippen LogP contribution in [-0.2, 0) is 20.9 Å². The fourth-order valence-electron chi connectivity index (χ4n) is 2.51. The van der Waals surface area contributed by atoms with Crippen molar-refractivity contribution in [3.05, 3.63) is 35.9 Å². The van der Waals surface area contributed by atoms with Crippen molar-refractivity contribution in [3.8, 4) is 0 Å². The summed E-state index contributed by atoms with van der Waals surface area (Å²) in [7, 11) is 0. The molecule has 6 heteroatoms. The fraction of sp³-hybridized carbons (Fsp3) is 0.579. The molecule has 0 saturated heterocycles. The van der Waals surface area contributed by atoms with Gasteiger partial charge >= 0.3 is 12.1 Å². The summed E-state index contributed by atoms with van der Waals surface area (Å²) in [6, 6.07) is 8.85. The highest BCUT2D eigenvalue weighted by molar-refractivity contribution is 9.09. The van der Waals surface area contributed by atoms with E-state index in [1.807, 2.05) is 44.2 Å². The van der Waals surface area contributed by atoms with Crippen molar-refractivity contribution in [2.75, 3.05) is 18.5 Å². The van der Waals surface area contributed by atoms with Crippen molar-refractivity contribution in [3.63, 3.8) is 0 Å². The van der Waals surface area contributed by atoms with Gasteiger partial charge in [0.15, 0.2) is 0 Å². The molecule has 5 nitrogen and oxygen atoms in total. The summed E-state index contributed by atoms with van der Waals surface area (Å²) >= 11 is 3.39. The van der Waals surface area contributed by atoms with Gasteiger partial charge in [-0.3, -0.25) is 4.90 Å². The largest absolute Gasteiger partial charge is 0.464 e. The standard InChI is InChI=1S/C19H28BrNO4/c1-4-24-18(22)17(15(2)3)21(13-9-8-12-20)19(23)25-14-16-10-6-5-7-11-16/h5-7,10-11,15,17H,4,8-9,12-14H2,1-3H3/t17-/m0/s1. The molecule has 1 aromatic rings. The van der Waals surface area contributed by atoms with Gasteiger partial charge in [0.05, 0.1) is 6.61 Å². The Kier molecular flexibility index (Phi) is 10.2. The van der Waals surface area contributed by atoms with Crippen LogP contribution in [0.25, 0.3) is 0 Å². The molecule has 0 aliphatic carbocycles. The summed E-state index contributed by atoms with van der Waals surface area (Å²) in [6.07, 6.45) is 1.22. The van der Waals surface area contributed by atoms with Crippen molar-refractivity contribution in [2.24, 2.45) is 5.92 Å². The molecule has 0 radical (unpaired) electrons. The smallest absolute Gasteiger partial charge is 0.410 e. The van der Waals surface area contributed by atoms with Gasteiger partial charge < -0.3 is 9.47 Å². The van der Waals surface area contributed by atoms with Gasteiger partial charge in [-0.05, 0) is 31.2 Å². The quantitative estimate of drug-likeness (QED) is 0.324. The minimum atomic E-state index is -0.640. The maximum absolute atomic E-state index is 12.6. The van der Waals surface area contributed by atoms with E-state index in [4.69, 9.17) is 9.47 Å². The summed E-state index contributed by atoms with van der Waals surface area (Å²) in [5, 5.41) is 0.853. The van der Waals surface area contributed by atoms with E-state index in [1.54, 1.807) is 6.92 Å². The SMILES string of the molecule is CCOC(=O)[C@H](C(C)C)N(CCCCBr)C(=O)OCc1ccccc1. The second-order valence-electron chi connectivity index (χ2n) is 6.07. The van der Waals surface area contributed by atoms with Crippen LogP contribution in [0.5, 0.6) is 0 Å². The van der Waals surface area contributed by atoms with Crippen LogP contribution in [0.2, 0.25) is 0 Å². The number of nitrogens with zero attached hydrogens (tertiary/aromatic N) is 1. The highest BCUT2D eigenvalue weighted by atomic mass is 79.9. The van der Waals surface area contributed by atoms with E-state index in [1.165, 1.54) is 4.90 Å². The second-order valence-corrected chi connectivity index (χ2v) is 6.86. The summed E-state index contributed by atoms with van der Waals surface area (Å²) in [6.45, 7) is 6.50. The number of ether oxygens (including phenoxy) is 2. The third-order valence-corrected chi connectivity index (χ3v) is 4.28. The lowest BCUT2D eigenvalue weighted by atomic mass is 10.0. The van der Waals surface area contributed by atoms with E-state index in [9.17, 15) is 9.59 Å². The average molecular weight is 414 g/mol. The lowest BCUT2D eigenvalue weighted by molar-refractivity contribution is -0.150. The predicted molar refractivity (Wildman–Crippen MR) is 102 cm³/mol. The number of rotatable bonds is 10. The molecule has 0 saturated carbocycles. The minimum Gasteiger partial charge on any atom is -0.464 e. The molecular formula is C19H28BrNO4. The van der Waals surface area contributed by atoms with Gasteiger partial charge in [-0.25, -0.2) is 9.59 Å². The monoisotopic (exact) mass is 413 g/mol. The molecule has 1 atom stereocenters. The molecule has 0 aliphatic heterocycles. The molecule has 0 heterocycles. The maximum Gasteiger partial charge on any atom is 0.410 e. The first-order valence-corrected chi connectivity index (χ1v) is 9.83. The molecule has 0 unspecified atom stereocenters. The molecule has 1 amide bonds. The Morgan fingerprint density at radius 1 is 1.12 bits per heavy atom. The first-order valence-electron chi connectivity index (χ1n) is 8.71. The van der Waals surface area contributed by atoms with Crippen LogP contribution in [0, 0.1) is 5.92 Å². The zero-order chi connectivity index (χ0) is 18.7. The Hall–Kier alpha value is -1.56. The minimum absolute atomic E-state index is 0.0627. The van der Waals surface area contributed by atoms with Crippen LogP contribution in [0.3, 0.4) is 0 Å². The number of amides is 1. The number of hydrogen-bond donors (Lipinski definition) is 0. The molecule has 140 valence electrons. The van der Waals surface area contributed by atoms with Crippen LogP contribution < -0.4 is 0 Å². The van der Waals surface area contributed by atoms with Gasteiger partial charge in [-0.1, -0.05) is 60.1 Å². The number of carbonyl (C=O) groups excluding carboxylic acids is 2. The van der Waals surface area contributed by atoms with Gasteiger partial charge in [0.2, 0.25) is 0 Å². The predicted octanol–water partition coefficient (Wildman–Crippen LogP) is 4.39. The van der Waals surface area contributed by atoms with Crippen LogP contribution in [0.1, 0.15) is 39.2 Å². The number of benzene rings is 1. The molecule has 0 N–H and O–H groups in total. The van der Waals surface area contributed by atoms with E-state index < -0.39 is 12.1 Å². The van der Waals surface area contributed by atoms with Crippen molar-refractivity contribution in [1.82, 2.24) is 4.90 Å². The van der Waals surface area contributed by atoms with E-state index in [0.29, 0.717) is 6.54 Å². The van der Waals surface area contributed by atoms with Crippen LogP contribution in [-0.4, -0.2) is 41.5 Å². The lowest BCUT2D eigenvalue weighted by Crippen LogP contribution is -2.49. The highest BCUT2D eigenvalue weighted by Crippen LogP contribution is 2.17. The Bertz CT molecular complexity index is 521. The maximum atomic E-state index is 12.6. The molecule has 25 heavy (non-hydrogen) atoms. The van der Waals surface area contributed by atoms with Gasteiger partial charge in [-0.2, -0.15) is 0 Å². The van der Waals surface area contributed by atoms with Crippen molar-refractivity contribution < 1.29 is 19.1 Å². The molecule has 0 aliphatic rings. The third kappa shape index (κ3) is 7.46. The van der Waals surface area contributed by atoms with Crippen LogP contribution in [0.4, 0.5) is 4.79 Å². The van der Waals surface area contributed by atoms with E-state index in [2.05, 4.69) is 15.9 Å². The van der Waals surface area contributed by atoms with Gasteiger partial charge in [0.1, 0.15) is 12.6 Å². The molecular weight excluding hydrogens is 386 g/mol. The van der Waals surface area contributed by atoms with Crippen LogP contribution in [0.15, 0.2) is 30.3 Å². The number of halogens is 1. The highest BCUT2D eigenvalue weighted by Gasteiger charge is 2.34. The zero-order valence-corrected chi connectivity index (χ0v) is 16.8. The van der Waals surface area contributed by atoms with Crippen molar-refractivity contribution >= 4 is 28.0 Å². The summed E-state index contributed by atoms with van der Waals surface area (Å²) in [5.41, 5.74) is 0.911. The van der Waals surface area contributed by atoms with Gasteiger partial charge in [0.25, 0.3) is 0 Å². The van der Waals surface area contributed by atoms with E-state index >= 15 is 0 Å². The van der Waals surface area contributed by atoms with Gasteiger partial charge in [0, 0.05) is 11.9 Å². The van der Waals surface area contributed by atoms with Crippen molar-refractivity contribution in [2.45, 2.75) is 46.3 Å². The molecule has 1 rings (SSSR count). The fourth-order valence-corrected chi connectivity index (χ4v) is 2.91. The number of carbonyl (C=O) groups is 2. The van der Waals surface area contributed by atoms with Crippen LogP contribution >= 0.6 is 15.9 Å². The van der Waals surface area contributed by atoms with Crippen molar-refractivity contribution in [1.29, 1.82) is 0 Å². The lowest BCUT2D eigenvalue weighted by Gasteiger charge is -2.32. The molecule has 0 fully saturated rings. The van der Waals surface area contributed by atoms with E-state index in [0.717, 1.165) is 23.7 Å². The van der Waals surface area contributed by atoms with E-state index in [-0.39, 0.29) is 25.1 Å². The number of unbranched alkanes of at least 4 members (excludes halogenated alkanes) is 1. The number of esters is 1. The normalized spacial score (nSPS) is 11.9. The average Bonchev–Trinajstić information content (AvgIpc) is 2.59.